The van der Waals surface area contributed by atoms with E-state index in [1.54, 1.807) is 27.7 Å². The highest BCUT2D eigenvalue weighted by molar-refractivity contribution is 5.74. The number of hydrogen-bond acceptors (Lipinski definition) is 9. The highest BCUT2D eigenvalue weighted by Gasteiger charge is 2.60. The average molecular weight is 438 g/mol. The molecule has 2 N–H and O–H groups in total. The van der Waals surface area contributed by atoms with Crippen LogP contribution in [-0.2, 0) is 39.8 Å². The fourth-order valence-corrected chi connectivity index (χ4v) is 4.30. The Labute approximate surface area is 181 Å². The molecule has 7 atom stereocenters. The monoisotopic (exact) mass is 438 g/mol. The highest BCUT2D eigenvalue weighted by Crippen LogP contribution is 2.42. The van der Waals surface area contributed by atoms with Crippen LogP contribution in [0, 0.1) is 5.92 Å². The summed E-state index contributed by atoms with van der Waals surface area (Å²) in [7, 11) is 0. The number of rotatable bonds is 6. The third-order valence-electron chi connectivity index (χ3n) is 5.69. The molecule has 3 saturated heterocycles. The fourth-order valence-electron chi connectivity index (χ4n) is 4.30. The molecule has 0 radical (unpaired) electrons. The molecule has 0 saturated carbocycles. The second kappa shape index (κ2) is 8.40. The van der Waals surface area contributed by atoms with Gasteiger partial charge in [-0.05, 0) is 33.3 Å². The third kappa shape index (κ3) is 4.78. The molecule has 3 heterocycles. The van der Waals surface area contributed by atoms with E-state index in [-0.39, 0.29) is 13.2 Å². The van der Waals surface area contributed by atoms with Crippen molar-refractivity contribution in [1.29, 1.82) is 0 Å². The van der Waals surface area contributed by atoms with Crippen LogP contribution >= 0.6 is 0 Å². The number of carbonyl (C=O) groups excluding carboxylic acids is 1. The van der Waals surface area contributed by atoms with Gasteiger partial charge in [-0.1, -0.05) is 30.3 Å². The topological polar surface area (TPSA) is 113 Å². The molecule has 9 nitrogen and oxygen atoms in total. The van der Waals surface area contributed by atoms with Crippen molar-refractivity contribution < 1.29 is 43.4 Å². The number of hydrogen-bond donors (Lipinski definition) is 2. The van der Waals surface area contributed by atoms with Crippen LogP contribution in [0.25, 0.3) is 0 Å². The molecule has 3 aliphatic heterocycles. The number of fused-ring (bicyclic) bond motifs is 1. The lowest BCUT2D eigenvalue weighted by Gasteiger charge is -2.32. The van der Waals surface area contributed by atoms with Gasteiger partial charge in [0.05, 0.1) is 12.7 Å². The minimum absolute atomic E-state index is 0.0304. The van der Waals surface area contributed by atoms with Crippen molar-refractivity contribution in [3.8, 4) is 0 Å². The predicted molar refractivity (Wildman–Crippen MR) is 105 cm³/mol. The van der Waals surface area contributed by atoms with Gasteiger partial charge in [-0.15, -0.1) is 0 Å². The number of esters is 1. The van der Waals surface area contributed by atoms with Crippen molar-refractivity contribution in [3.05, 3.63) is 35.9 Å². The zero-order chi connectivity index (χ0) is 22.4. The third-order valence-corrected chi connectivity index (χ3v) is 5.69. The van der Waals surface area contributed by atoms with E-state index in [9.17, 15) is 15.0 Å². The molecule has 0 aliphatic carbocycles. The van der Waals surface area contributed by atoms with Gasteiger partial charge >= 0.3 is 5.97 Å². The van der Waals surface area contributed by atoms with Crippen LogP contribution in [0.4, 0.5) is 0 Å². The van der Waals surface area contributed by atoms with Gasteiger partial charge in [0.1, 0.15) is 36.9 Å². The molecule has 9 heteroatoms. The van der Waals surface area contributed by atoms with Crippen LogP contribution in [0.5, 0.6) is 0 Å². The van der Waals surface area contributed by atoms with Crippen LogP contribution in [0.2, 0.25) is 0 Å². The Bertz CT molecular complexity index is 780. The smallest absolute Gasteiger partial charge is 0.314 e. The summed E-state index contributed by atoms with van der Waals surface area (Å²) in [5.74, 6) is -3.72. The van der Waals surface area contributed by atoms with Gasteiger partial charge < -0.3 is 38.6 Å². The van der Waals surface area contributed by atoms with Crippen LogP contribution in [0.15, 0.2) is 30.3 Å². The summed E-state index contributed by atoms with van der Waals surface area (Å²) in [6.45, 7) is 7.01. The summed E-state index contributed by atoms with van der Waals surface area (Å²) < 4.78 is 34.1. The fraction of sp³-hybridized carbons (Fsp3) is 0.682. The van der Waals surface area contributed by atoms with E-state index in [4.69, 9.17) is 28.4 Å². The molecular formula is C22H30O9. The Morgan fingerprint density at radius 3 is 2.42 bits per heavy atom. The second-order valence-corrected chi connectivity index (χ2v) is 9.03. The Morgan fingerprint density at radius 2 is 1.77 bits per heavy atom. The molecule has 31 heavy (non-hydrogen) atoms. The molecule has 1 aromatic carbocycles. The Kier molecular flexibility index (Phi) is 6.12. The van der Waals surface area contributed by atoms with Gasteiger partial charge in [0.25, 0.3) is 0 Å². The molecule has 4 rings (SSSR count). The quantitative estimate of drug-likeness (QED) is 0.630. The van der Waals surface area contributed by atoms with Crippen LogP contribution in [0.3, 0.4) is 0 Å². The molecule has 0 spiro atoms. The lowest BCUT2D eigenvalue weighted by molar-refractivity contribution is -0.235. The lowest BCUT2D eigenvalue weighted by atomic mass is 9.88. The Morgan fingerprint density at radius 1 is 1.10 bits per heavy atom. The maximum atomic E-state index is 13.2. The zero-order valence-corrected chi connectivity index (χ0v) is 18.1. The summed E-state index contributed by atoms with van der Waals surface area (Å²) in [6.07, 6.45) is -5.93. The molecule has 3 fully saturated rings. The van der Waals surface area contributed by atoms with Crippen LogP contribution in [0.1, 0.15) is 33.3 Å². The number of aliphatic hydroxyl groups is 2. The van der Waals surface area contributed by atoms with Gasteiger partial charge in [-0.3, -0.25) is 4.79 Å². The highest BCUT2D eigenvalue weighted by atomic mass is 16.8. The van der Waals surface area contributed by atoms with Gasteiger partial charge in [0.15, 0.2) is 17.9 Å². The first-order chi connectivity index (χ1) is 14.6. The molecule has 0 aromatic heterocycles. The minimum atomic E-state index is -1.31. The van der Waals surface area contributed by atoms with E-state index in [0.29, 0.717) is 0 Å². The Balaban J connectivity index is 1.56. The summed E-state index contributed by atoms with van der Waals surface area (Å²) in [6, 6.07) is 9.21. The SMILES string of the molecule is CC1(C)O[C@H]2[C@H]([C@@H](C(=O)OCc3ccccc3)[C@H](O)[C@H]3COC(C)(C)O3)O[C@H](O)[C@H]2O1. The summed E-state index contributed by atoms with van der Waals surface area (Å²) >= 11 is 0. The summed E-state index contributed by atoms with van der Waals surface area (Å²) in [4.78, 5) is 13.2. The zero-order valence-electron chi connectivity index (χ0n) is 18.1. The van der Waals surface area contributed by atoms with Gasteiger partial charge in [-0.25, -0.2) is 0 Å². The second-order valence-electron chi connectivity index (χ2n) is 9.03. The van der Waals surface area contributed by atoms with E-state index >= 15 is 0 Å². The van der Waals surface area contributed by atoms with Crippen LogP contribution < -0.4 is 0 Å². The predicted octanol–water partition coefficient (Wildman–Crippen LogP) is 1.10. The first-order valence-corrected chi connectivity index (χ1v) is 10.5. The first-order valence-electron chi connectivity index (χ1n) is 10.5. The van der Waals surface area contributed by atoms with Crippen molar-refractivity contribution in [3.63, 3.8) is 0 Å². The maximum absolute atomic E-state index is 13.2. The van der Waals surface area contributed by atoms with Crippen molar-refractivity contribution in [2.24, 2.45) is 5.92 Å². The lowest BCUT2D eigenvalue weighted by Crippen LogP contribution is -2.50. The van der Waals surface area contributed by atoms with E-state index in [0.717, 1.165) is 5.56 Å². The molecule has 172 valence electrons. The Hall–Kier alpha value is -1.59. The number of carbonyl (C=O) groups is 1. The first kappa shape index (κ1) is 22.6. The van der Waals surface area contributed by atoms with E-state index in [1.165, 1.54) is 0 Å². The summed E-state index contributed by atoms with van der Waals surface area (Å²) in [5, 5.41) is 21.5. The van der Waals surface area contributed by atoms with E-state index in [2.05, 4.69) is 0 Å². The molecule has 0 amide bonds. The summed E-state index contributed by atoms with van der Waals surface area (Å²) in [5.41, 5.74) is 0.803. The number of aliphatic hydroxyl groups excluding tert-OH is 2. The molecule has 1 aromatic rings. The molecular weight excluding hydrogens is 408 g/mol. The van der Waals surface area contributed by atoms with Gasteiger partial charge in [0, 0.05) is 0 Å². The molecule has 0 unspecified atom stereocenters. The van der Waals surface area contributed by atoms with E-state index in [1.807, 2.05) is 30.3 Å². The number of ether oxygens (including phenoxy) is 6. The van der Waals surface area contributed by atoms with Gasteiger partial charge in [0.2, 0.25) is 0 Å². The van der Waals surface area contributed by atoms with Gasteiger partial charge in [-0.2, -0.15) is 0 Å². The van der Waals surface area contributed by atoms with Crippen molar-refractivity contribution in [2.45, 2.75) is 82.7 Å². The standard InChI is InChI=1S/C22H30O9/c1-21(2)27-11-13(29-21)15(23)14(19(24)26-10-12-8-6-5-7-9-12)16-17-18(20(25)28-16)31-22(3,4)30-17/h5-9,13-18,20,23,25H,10-11H2,1-4H3/t13-,14+,15-,16+,17+,18+,20+/m1/s1. The van der Waals surface area contributed by atoms with Crippen molar-refractivity contribution >= 4 is 5.97 Å². The van der Waals surface area contributed by atoms with E-state index < -0.39 is 60.3 Å². The minimum Gasteiger partial charge on any atom is -0.460 e. The normalized spacial score (nSPS) is 35.5. The van der Waals surface area contributed by atoms with Crippen LogP contribution in [-0.4, -0.2) is 71.2 Å². The van der Waals surface area contributed by atoms with Crippen molar-refractivity contribution in [2.75, 3.05) is 6.61 Å². The molecule has 0 bridgehead atoms. The largest absolute Gasteiger partial charge is 0.460 e. The maximum Gasteiger partial charge on any atom is 0.314 e. The number of benzene rings is 1. The average Bonchev–Trinajstić information content (AvgIpc) is 3.32. The molecule has 3 aliphatic rings. The van der Waals surface area contributed by atoms with Crippen molar-refractivity contribution in [1.82, 2.24) is 0 Å².